The topological polar surface area (TPSA) is 85.5 Å². The van der Waals surface area contributed by atoms with E-state index in [4.69, 9.17) is 11.5 Å². The zero-order valence-electron chi connectivity index (χ0n) is 11.3. The lowest BCUT2D eigenvalue weighted by Gasteiger charge is -2.33. The number of nitrogens with two attached hydrogens (primary N) is 2. The lowest BCUT2D eigenvalue weighted by molar-refractivity contribution is -0.350. The maximum absolute atomic E-state index is 5.77. The number of nitrogens with one attached hydrogen (secondary N) is 1. The Hall–Kier alpha value is -2.50. The Morgan fingerprint density at radius 2 is 1.60 bits per heavy atom. The highest BCUT2D eigenvalue weighted by atomic mass is 15.3. The van der Waals surface area contributed by atoms with Gasteiger partial charge in [-0.05, 0) is 12.1 Å². The fraction of sp³-hybridized carbons (Fsp3) is 0.286. The highest BCUT2D eigenvalue weighted by Gasteiger charge is 2.23. The monoisotopic (exact) mass is 271 g/mol. The molecule has 104 valence electrons. The molecular formula is C14H19N6+. The van der Waals surface area contributed by atoms with E-state index in [2.05, 4.69) is 44.0 Å². The molecule has 5 N–H and O–H groups in total. The molecule has 0 spiro atoms. The predicted molar refractivity (Wildman–Crippen MR) is 80.5 cm³/mol. The first-order chi connectivity index (χ1) is 9.72. The number of hydrogen-bond donors (Lipinski definition) is 2. The summed E-state index contributed by atoms with van der Waals surface area (Å²) < 4.78 is 0. The number of aromatic nitrogens is 2. The smallest absolute Gasteiger partial charge is 0.349 e. The number of nitrogens with zero attached hydrogens (tertiary/aromatic N) is 3. The molecule has 3 rings (SSSR count). The second-order valence-electron chi connectivity index (χ2n) is 4.89. The molecule has 0 saturated carbocycles. The molecule has 1 aromatic carbocycles. The molecule has 0 radical (unpaired) electrons. The number of aromatic amines is 1. The van der Waals surface area contributed by atoms with Crippen LogP contribution in [0.5, 0.6) is 0 Å². The number of H-pyrrole nitrogens is 1. The molecule has 0 amide bonds. The summed E-state index contributed by atoms with van der Waals surface area (Å²) in [5, 5.41) is 0. The quantitative estimate of drug-likeness (QED) is 0.825. The number of para-hydroxylation sites is 1. The van der Waals surface area contributed by atoms with Gasteiger partial charge < -0.3 is 16.4 Å². The van der Waals surface area contributed by atoms with Crippen LogP contribution in [-0.4, -0.2) is 31.2 Å². The second kappa shape index (κ2) is 5.24. The molecule has 2 aromatic rings. The van der Waals surface area contributed by atoms with Crippen LogP contribution in [0.2, 0.25) is 0 Å². The second-order valence-corrected chi connectivity index (χ2v) is 4.89. The third-order valence-electron chi connectivity index (χ3n) is 3.50. The van der Waals surface area contributed by atoms with Crippen LogP contribution in [0.1, 0.15) is 0 Å². The van der Waals surface area contributed by atoms with Gasteiger partial charge in [-0.1, -0.05) is 23.2 Å². The zero-order chi connectivity index (χ0) is 13.9. The Labute approximate surface area is 118 Å². The first kappa shape index (κ1) is 12.5. The van der Waals surface area contributed by atoms with Crippen molar-refractivity contribution in [3.63, 3.8) is 0 Å². The Morgan fingerprint density at radius 1 is 0.950 bits per heavy atom. The summed E-state index contributed by atoms with van der Waals surface area (Å²) in [6, 6.07) is 12.1. The van der Waals surface area contributed by atoms with Crippen molar-refractivity contribution in [3.8, 4) is 0 Å². The SMILES string of the molecule is Nc1cc(N)[nH+]c(N2CCN(c3ccccc3)CC2)n1. The maximum Gasteiger partial charge on any atom is 0.349 e. The number of anilines is 4. The van der Waals surface area contributed by atoms with Crippen LogP contribution < -0.4 is 26.3 Å². The normalized spacial score (nSPS) is 15.4. The number of rotatable bonds is 2. The van der Waals surface area contributed by atoms with Gasteiger partial charge in [-0.25, -0.2) is 4.98 Å². The summed E-state index contributed by atoms with van der Waals surface area (Å²) in [5.41, 5.74) is 12.8. The number of hydrogen-bond acceptors (Lipinski definition) is 5. The molecule has 20 heavy (non-hydrogen) atoms. The summed E-state index contributed by atoms with van der Waals surface area (Å²) in [6.07, 6.45) is 0. The molecule has 0 aliphatic carbocycles. The summed E-state index contributed by atoms with van der Waals surface area (Å²) in [7, 11) is 0. The minimum absolute atomic E-state index is 0.446. The molecule has 1 aromatic heterocycles. The maximum atomic E-state index is 5.77. The highest BCUT2D eigenvalue weighted by molar-refractivity contribution is 5.48. The fourth-order valence-electron chi connectivity index (χ4n) is 2.47. The van der Waals surface area contributed by atoms with E-state index >= 15 is 0 Å². The van der Waals surface area contributed by atoms with Crippen molar-refractivity contribution in [2.24, 2.45) is 0 Å². The van der Waals surface area contributed by atoms with E-state index in [1.54, 1.807) is 6.07 Å². The van der Waals surface area contributed by atoms with Crippen molar-refractivity contribution in [1.82, 2.24) is 4.98 Å². The van der Waals surface area contributed by atoms with Crippen LogP contribution in [0.25, 0.3) is 0 Å². The summed E-state index contributed by atoms with van der Waals surface area (Å²) in [4.78, 5) is 11.9. The molecule has 1 saturated heterocycles. The number of benzene rings is 1. The Bertz CT molecular complexity index is 557. The third kappa shape index (κ3) is 2.59. The third-order valence-corrected chi connectivity index (χ3v) is 3.50. The molecule has 1 aliphatic heterocycles. The van der Waals surface area contributed by atoms with Gasteiger partial charge in [-0.3, -0.25) is 4.90 Å². The van der Waals surface area contributed by atoms with Gasteiger partial charge in [0, 0.05) is 18.8 Å². The minimum atomic E-state index is 0.446. The average molecular weight is 271 g/mol. The Balaban J connectivity index is 1.69. The van der Waals surface area contributed by atoms with Gasteiger partial charge in [0.25, 0.3) is 0 Å². The molecule has 0 bridgehead atoms. The predicted octanol–water partition coefficient (Wildman–Crippen LogP) is 0.387. The first-order valence-electron chi connectivity index (χ1n) is 6.72. The fourth-order valence-corrected chi connectivity index (χ4v) is 2.47. The van der Waals surface area contributed by atoms with E-state index in [0.717, 1.165) is 32.1 Å². The van der Waals surface area contributed by atoms with Gasteiger partial charge in [0.15, 0.2) is 11.6 Å². The first-order valence-corrected chi connectivity index (χ1v) is 6.72. The van der Waals surface area contributed by atoms with E-state index in [0.29, 0.717) is 11.6 Å². The van der Waals surface area contributed by atoms with E-state index in [1.807, 2.05) is 6.07 Å². The molecule has 0 atom stereocenters. The lowest BCUT2D eigenvalue weighted by atomic mass is 10.2. The molecular weight excluding hydrogens is 252 g/mol. The van der Waals surface area contributed by atoms with Gasteiger partial charge in [-0.2, -0.15) is 0 Å². The lowest BCUT2D eigenvalue weighted by Crippen LogP contribution is -2.48. The van der Waals surface area contributed by atoms with Crippen molar-refractivity contribution >= 4 is 23.3 Å². The van der Waals surface area contributed by atoms with Crippen molar-refractivity contribution < 1.29 is 4.98 Å². The van der Waals surface area contributed by atoms with E-state index < -0.39 is 0 Å². The van der Waals surface area contributed by atoms with E-state index in [1.165, 1.54) is 5.69 Å². The van der Waals surface area contributed by atoms with Crippen molar-refractivity contribution in [1.29, 1.82) is 0 Å². The van der Waals surface area contributed by atoms with Crippen LogP contribution in [0, 0.1) is 0 Å². The molecule has 2 heterocycles. The van der Waals surface area contributed by atoms with Gasteiger partial charge in [0.1, 0.15) is 0 Å². The molecule has 1 fully saturated rings. The van der Waals surface area contributed by atoms with Crippen molar-refractivity contribution in [2.75, 3.05) is 47.4 Å². The van der Waals surface area contributed by atoms with Crippen LogP contribution in [0.15, 0.2) is 36.4 Å². The number of piperazine rings is 1. The van der Waals surface area contributed by atoms with E-state index in [9.17, 15) is 0 Å². The van der Waals surface area contributed by atoms with Gasteiger partial charge in [-0.15, -0.1) is 0 Å². The summed E-state index contributed by atoms with van der Waals surface area (Å²) in [5.74, 6) is 1.73. The Kier molecular flexibility index (Phi) is 3.28. The van der Waals surface area contributed by atoms with Crippen LogP contribution in [-0.2, 0) is 0 Å². The Morgan fingerprint density at radius 3 is 2.25 bits per heavy atom. The zero-order valence-corrected chi connectivity index (χ0v) is 11.3. The van der Waals surface area contributed by atoms with Crippen molar-refractivity contribution in [3.05, 3.63) is 36.4 Å². The molecule has 1 aliphatic rings. The average Bonchev–Trinajstić information content (AvgIpc) is 2.47. The summed E-state index contributed by atoms with van der Waals surface area (Å²) >= 11 is 0. The molecule has 0 unspecified atom stereocenters. The number of nitrogen functional groups attached to an aromatic ring is 2. The summed E-state index contributed by atoms with van der Waals surface area (Å²) in [6.45, 7) is 3.69. The molecule has 6 nitrogen and oxygen atoms in total. The van der Waals surface area contributed by atoms with Gasteiger partial charge in [0.05, 0.1) is 19.2 Å². The van der Waals surface area contributed by atoms with E-state index in [-0.39, 0.29) is 0 Å². The van der Waals surface area contributed by atoms with Crippen LogP contribution >= 0.6 is 0 Å². The standard InChI is InChI=1S/C14H18N6/c15-12-10-13(16)18-14(17-12)20-8-6-19(7-9-20)11-4-2-1-3-5-11/h1-5,10H,6-9H2,(H4,15,16,17,18)/p+1. The van der Waals surface area contributed by atoms with Crippen LogP contribution in [0.4, 0.5) is 23.3 Å². The van der Waals surface area contributed by atoms with Gasteiger partial charge >= 0.3 is 5.95 Å². The van der Waals surface area contributed by atoms with Gasteiger partial charge in [0.2, 0.25) is 0 Å². The minimum Gasteiger partial charge on any atom is -0.373 e. The van der Waals surface area contributed by atoms with Crippen LogP contribution in [0.3, 0.4) is 0 Å². The highest BCUT2D eigenvalue weighted by Crippen LogP contribution is 2.17. The molecule has 6 heteroatoms. The van der Waals surface area contributed by atoms with Crippen molar-refractivity contribution in [2.45, 2.75) is 0 Å². The largest absolute Gasteiger partial charge is 0.373 e.